The van der Waals surface area contributed by atoms with E-state index in [1.54, 1.807) is 16.8 Å². The average molecular weight is 356 g/mol. The molecule has 0 aromatic carbocycles. The SMILES string of the molecule is CP1C(=[Te])C(C(C)(C)C)=PC1C(C)(C)C. The molecule has 0 aromatic heterocycles. The van der Waals surface area contributed by atoms with E-state index in [1.165, 1.54) is 0 Å². The van der Waals surface area contributed by atoms with E-state index in [9.17, 15) is 0 Å². The van der Waals surface area contributed by atoms with Crippen LogP contribution in [0.1, 0.15) is 41.5 Å². The molecule has 0 saturated carbocycles. The first-order valence-corrected chi connectivity index (χ1v) is 9.39. The summed E-state index contributed by atoms with van der Waals surface area (Å²) in [4.78, 5) is 0. The number of hydrogen-bond donors (Lipinski definition) is 0. The van der Waals surface area contributed by atoms with E-state index in [4.69, 9.17) is 0 Å². The van der Waals surface area contributed by atoms with Gasteiger partial charge in [0.05, 0.1) is 0 Å². The summed E-state index contributed by atoms with van der Waals surface area (Å²) in [6, 6.07) is 0. The summed E-state index contributed by atoms with van der Waals surface area (Å²) in [5.41, 5.74) is 0.822. The fourth-order valence-corrected chi connectivity index (χ4v) is 10.0. The van der Waals surface area contributed by atoms with E-state index in [0.717, 1.165) is 5.40 Å². The quantitative estimate of drug-likeness (QED) is 0.456. The third-order valence-corrected chi connectivity index (χ3v) is 12.3. The van der Waals surface area contributed by atoms with E-state index in [1.807, 2.05) is 0 Å². The molecule has 15 heavy (non-hydrogen) atoms. The molecule has 0 bridgehead atoms. The first-order valence-electron chi connectivity index (χ1n) is 5.40. The molecule has 1 aliphatic heterocycles. The van der Waals surface area contributed by atoms with Crippen molar-refractivity contribution in [3.05, 3.63) is 0 Å². The van der Waals surface area contributed by atoms with Crippen molar-refractivity contribution in [1.82, 2.24) is 0 Å². The van der Waals surface area contributed by atoms with Gasteiger partial charge in [-0.15, -0.1) is 0 Å². The van der Waals surface area contributed by atoms with Gasteiger partial charge in [-0.3, -0.25) is 0 Å². The van der Waals surface area contributed by atoms with Gasteiger partial charge in [-0.05, 0) is 0 Å². The van der Waals surface area contributed by atoms with Crippen molar-refractivity contribution >= 4 is 46.5 Å². The molecular formula is C12H22P2Te. The molecule has 2 atom stereocenters. The predicted molar refractivity (Wildman–Crippen MR) is 78.2 cm³/mol. The van der Waals surface area contributed by atoms with Crippen LogP contribution in [0.3, 0.4) is 0 Å². The van der Waals surface area contributed by atoms with Crippen molar-refractivity contribution in [3.8, 4) is 0 Å². The third kappa shape index (κ3) is 3.13. The van der Waals surface area contributed by atoms with Crippen molar-refractivity contribution in [2.45, 2.75) is 46.9 Å². The molecule has 0 saturated heterocycles. The fraction of sp³-hybridized carbons (Fsp3) is 0.833. The van der Waals surface area contributed by atoms with E-state index in [0.29, 0.717) is 10.8 Å². The van der Waals surface area contributed by atoms with Crippen LogP contribution in [0.4, 0.5) is 0 Å². The second-order valence-corrected chi connectivity index (χ2v) is 12.3. The third-order valence-electron chi connectivity index (χ3n) is 2.63. The van der Waals surface area contributed by atoms with Crippen molar-refractivity contribution in [3.63, 3.8) is 0 Å². The van der Waals surface area contributed by atoms with Gasteiger partial charge in [0, 0.05) is 0 Å². The van der Waals surface area contributed by atoms with Crippen LogP contribution < -0.4 is 0 Å². The molecule has 0 aromatic rings. The van der Waals surface area contributed by atoms with Gasteiger partial charge in [0.25, 0.3) is 0 Å². The van der Waals surface area contributed by atoms with Gasteiger partial charge in [-0.1, -0.05) is 0 Å². The zero-order valence-electron chi connectivity index (χ0n) is 10.9. The zero-order chi connectivity index (χ0) is 12.0. The maximum atomic E-state index is 2.47. The second kappa shape index (κ2) is 4.50. The molecule has 0 spiro atoms. The monoisotopic (exact) mass is 358 g/mol. The topological polar surface area (TPSA) is 0 Å². The molecule has 0 amide bonds. The molecular weight excluding hydrogens is 334 g/mol. The van der Waals surface area contributed by atoms with Crippen LogP contribution in [0.15, 0.2) is 0 Å². The van der Waals surface area contributed by atoms with Crippen LogP contribution >= 0.6 is 16.1 Å². The average Bonchev–Trinajstić information content (AvgIpc) is 2.26. The summed E-state index contributed by atoms with van der Waals surface area (Å²) in [6.07, 6.45) is 0. The number of rotatable bonds is 0. The van der Waals surface area contributed by atoms with Gasteiger partial charge in [0.2, 0.25) is 0 Å². The molecule has 0 aliphatic carbocycles. The summed E-state index contributed by atoms with van der Waals surface area (Å²) in [5.74, 6) is 0. The predicted octanol–water partition coefficient (Wildman–Crippen LogP) is 3.95. The Morgan fingerprint density at radius 3 is 1.80 bits per heavy atom. The Bertz CT molecular complexity index is 305. The minimum atomic E-state index is 0.0904. The summed E-state index contributed by atoms with van der Waals surface area (Å²) in [6.45, 7) is 16.7. The Morgan fingerprint density at radius 1 is 1.13 bits per heavy atom. The van der Waals surface area contributed by atoms with Crippen LogP contribution in [0.25, 0.3) is 0 Å². The summed E-state index contributed by atoms with van der Waals surface area (Å²) in [5, 5.41) is 2.57. The molecule has 1 heterocycles. The molecule has 1 aliphatic rings. The fourth-order valence-electron chi connectivity index (χ4n) is 1.83. The van der Waals surface area contributed by atoms with E-state index < -0.39 is 0 Å². The molecule has 3 heteroatoms. The second-order valence-electron chi connectivity index (χ2n) is 6.38. The van der Waals surface area contributed by atoms with Crippen LogP contribution in [-0.4, -0.2) is 42.5 Å². The Hall–Kier alpha value is 1.26. The Morgan fingerprint density at radius 2 is 1.60 bits per heavy atom. The summed E-state index contributed by atoms with van der Waals surface area (Å²) in [7, 11) is 1.70. The molecule has 2 unspecified atom stereocenters. The van der Waals surface area contributed by atoms with Crippen LogP contribution in [-0.2, 0) is 0 Å². The Labute approximate surface area is 111 Å². The molecule has 0 radical (unpaired) electrons. The maximum absolute atomic E-state index is 2.47. The normalized spacial score (nSPS) is 29.3. The van der Waals surface area contributed by atoms with Crippen LogP contribution in [0, 0.1) is 10.8 Å². The molecule has 0 nitrogen and oxygen atoms in total. The van der Waals surface area contributed by atoms with Crippen molar-refractivity contribution < 1.29 is 0 Å². The molecule has 86 valence electrons. The Kier molecular flexibility index (Phi) is 4.30. The van der Waals surface area contributed by atoms with E-state index in [2.05, 4.69) is 70.0 Å². The van der Waals surface area contributed by atoms with Gasteiger partial charge in [0.15, 0.2) is 0 Å². The molecule has 1 rings (SSSR count). The van der Waals surface area contributed by atoms with Gasteiger partial charge in [-0.2, -0.15) is 0 Å². The summed E-state index contributed by atoms with van der Waals surface area (Å²) < 4.78 is 1.72. The van der Waals surface area contributed by atoms with Gasteiger partial charge in [0.1, 0.15) is 0 Å². The zero-order valence-corrected chi connectivity index (χ0v) is 15.0. The van der Waals surface area contributed by atoms with Gasteiger partial charge >= 0.3 is 111 Å². The van der Waals surface area contributed by atoms with Crippen molar-refractivity contribution in [1.29, 1.82) is 0 Å². The van der Waals surface area contributed by atoms with E-state index in [-0.39, 0.29) is 7.92 Å². The first-order chi connectivity index (χ1) is 6.55. The standard InChI is InChI=1S/C12H22P2Te/c1-11(2,3)8-9(15)14(7)10(13-8)12(4,5)6/h10H,1-7H3. The molecule has 0 N–H and O–H groups in total. The van der Waals surface area contributed by atoms with Gasteiger partial charge in [-0.25, -0.2) is 0 Å². The van der Waals surface area contributed by atoms with Crippen LogP contribution in [0.5, 0.6) is 0 Å². The summed E-state index contributed by atoms with van der Waals surface area (Å²) >= 11 is 2.29. The van der Waals surface area contributed by atoms with Crippen molar-refractivity contribution in [2.75, 3.05) is 6.66 Å². The van der Waals surface area contributed by atoms with Gasteiger partial charge < -0.3 is 0 Å². The first kappa shape index (κ1) is 14.3. The van der Waals surface area contributed by atoms with Crippen LogP contribution in [0.2, 0.25) is 0 Å². The van der Waals surface area contributed by atoms with Crippen molar-refractivity contribution in [2.24, 2.45) is 10.8 Å². The Balaban J connectivity index is 3.08. The number of hydrogen-bond acceptors (Lipinski definition) is 0. The van der Waals surface area contributed by atoms with E-state index >= 15 is 0 Å². The minimum absolute atomic E-state index is 0.0904. The molecule has 0 fully saturated rings.